The van der Waals surface area contributed by atoms with Crippen molar-refractivity contribution in [3.63, 3.8) is 0 Å². The molecule has 1 amide bonds. The number of aromatic amines is 1. The number of nitrogen functional groups attached to an aromatic ring is 1. The Bertz CT molecular complexity index is 1260. The first kappa shape index (κ1) is 25.1. The van der Waals surface area contributed by atoms with Gasteiger partial charge in [-0.15, -0.1) is 0 Å². The molecule has 0 aliphatic carbocycles. The Morgan fingerprint density at radius 1 is 1.21 bits per heavy atom. The van der Waals surface area contributed by atoms with Crippen LogP contribution in [0.15, 0.2) is 52.1 Å². The van der Waals surface area contributed by atoms with Crippen molar-refractivity contribution in [2.45, 2.75) is 20.4 Å². The number of carbonyl (C=O) groups excluding carboxylic acids is 1. The van der Waals surface area contributed by atoms with Crippen molar-refractivity contribution in [3.8, 4) is 0 Å². The van der Waals surface area contributed by atoms with Crippen LogP contribution in [0, 0.1) is 13.8 Å². The van der Waals surface area contributed by atoms with E-state index in [0.29, 0.717) is 10.7 Å². The molecule has 10 heteroatoms. The quantitative estimate of drug-likeness (QED) is 0.428. The number of carbonyl (C=O) groups is 1. The number of nitrogens with two attached hydrogens (primary N) is 1. The Balaban J connectivity index is 1.95. The van der Waals surface area contributed by atoms with Gasteiger partial charge in [-0.1, -0.05) is 48.0 Å². The second-order valence-electron chi connectivity index (χ2n) is 7.90. The summed E-state index contributed by atoms with van der Waals surface area (Å²) < 4.78 is 6.36. The molecule has 34 heavy (non-hydrogen) atoms. The number of benzene rings is 2. The molecule has 180 valence electrons. The number of nitrogens with zero attached hydrogens (tertiary/aromatic N) is 2. The zero-order valence-corrected chi connectivity index (χ0v) is 20.1. The van der Waals surface area contributed by atoms with Crippen molar-refractivity contribution < 1.29 is 9.53 Å². The largest absolute Gasteiger partial charge is 0.383 e. The van der Waals surface area contributed by atoms with Crippen molar-refractivity contribution in [1.82, 2.24) is 9.55 Å². The van der Waals surface area contributed by atoms with Gasteiger partial charge in [0.1, 0.15) is 5.82 Å². The average Bonchev–Trinajstić information content (AvgIpc) is 2.78. The van der Waals surface area contributed by atoms with Gasteiger partial charge < -0.3 is 20.7 Å². The maximum atomic E-state index is 13.2. The van der Waals surface area contributed by atoms with E-state index in [2.05, 4.69) is 10.3 Å². The number of methoxy groups -OCH3 is 1. The van der Waals surface area contributed by atoms with Crippen LogP contribution >= 0.6 is 11.6 Å². The number of amides is 1. The summed E-state index contributed by atoms with van der Waals surface area (Å²) in [5, 5.41) is 3.54. The minimum absolute atomic E-state index is 0.0639. The fourth-order valence-electron chi connectivity index (χ4n) is 3.70. The first-order valence-corrected chi connectivity index (χ1v) is 11.1. The number of halogens is 1. The van der Waals surface area contributed by atoms with Crippen LogP contribution in [0.5, 0.6) is 0 Å². The van der Waals surface area contributed by atoms with Crippen LogP contribution in [0.25, 0.3) is 0 Å². The van der Waals surface area contributed by atoms with Crippen LogP contribution in [0.2, 0.25) is 5.02 Å². The zero-order valence-electron chi connectivity index (χ0n) is 19.4. The number of anilines is 3. The first-order chi connectivity index (χ1) is 16.2. The van der Waals surface area contributed by atoms with Gasteiger partial charge in [0.05, 0.1) is 30.4 Å². The molecule has 4 N–H and O–H groups in total. The van der Waals surface area contributed by atoms with Crippen LogP contribution in [-0.2, 0) is 16.1 Å². The van der Waals surface area contributed by atoms with Crippen molar-refractivity contribution in [2.75, 3.05) is 42.8 Å². The summed E-state index contributed by atoms with van der Waals surface area (Å²) in [6.45, 7) is 4.03. The molecule has 3 rings (SSSR count). The molecule has 0 atom stereocenters. The smallest absolute Gasteiger partial charge is 0.330 e. The number of nitrogens with one attached hydrogen (secondary N) is 2. The Labute approximate surface area is 202 Å². The Kier molecular flexibility index (Phi) is 8.14. The van der Waals surface area contributed by atoms with Gasteiger partial charge in [0, 0.05) is 13.7 Å². The van der Waals surface area contributed by atoms with Crippen LogP contribution in [0.1, 0.15) is 16.7 Å². The third kappa shape index (κ3) is 5.67. The molecule has 0 spiro atoms. The highest BCUT2D eigenvalue weighted by Crippen LogP contribution is 2.27. The number of hydrogen-bond donors (Lipinski definition) is 3. The summed E-state index contributed by atoms with van der Waals surface area (Å²) in [7, 11) is 1.49. The highest BCUT2D eigenvalue weighted by atomic mass is 35.5. The number of H-pyrrole nitrogens is 1. The first-order valence-electron chi connectivity index (χ1n) is 10.7. The van der Waals surface area contributed by atoms with Crippen molar-refractivity contribution in [3.05, 3.63) is 85.0 Å². The van der Waals surface area contributed by atoms with Gasteiger partial charge in [-0.3, -0.25) is 19.1 Å². The summed E-state index contributed by atoms with van der Waals surface area (Å²) in [6, 6.07) is 12.9. The average molecular weight is 486 g/mol. The molecule has 2 aromatic carbocycles. The Hall–Kier alpha value is -3.56. The minimum atomic E-state index is -0.749. The summed E-state index contributed by atoms with van der Waals surface area (Å²) >= 11 is 6.34. The highest BCUT2D eigenvalue weighted by Gasteiger charge is 2.24. The second-order valence-corrected chi connectivity index (χ2v) is 8.30. The maximum absolute atomic E-state index is 13.2. The van der Waals surface area contributed by atoms with Crippen molar-refractivity contribution >= 4 is 34.7 Å². The minimum Gasteiger partial charge on any atom is -0.383 e. The number of rotatable bonds is 9. The lowest BCUT2D eigenvalue weighted by Gasteiger charge is -2.25. The summed E-state index contributed by atoms with van der Waals surface area (Å²) in [5.41, 5.74) is 8.10. The van der Waals surface area contributed by atoms with Gasteiger partial charge in [-0.05, 0) is 36.6 Å². The van der Waals surface area contributed by atoms with E-state index >= 15 is 0 Å². The lowest BCUT2D eigenvalue weighted by molar-refractivity contribution is -0.117. The molecule has 0 saturated carbocycles. The molecule has 0 radical (unpaired) electrons. The molecule has 1 heterocycles. The van der Waals surface area contributed by atoms with Crippen LogP contribution in [0.4, 0.5) is 17.2 Å². The predicted octanol–water partition coefficient (Wildman–Crippen LogP) is 2.53. The molecule has 3 aromatic rings. The van der Waals surface area contributed by atoms with Crippen LogP contribution < -0.4 is 27.2 Å². The van der Waals surface area contributed by atoms with Crippen LogP contribution in [0.3, 0.4) is 0 Å². The lowest BCUT2D eigenvalue weighted by atomic mass is 10.1. The maximum Gasteiger partial charge on any atom is 0.330 e. The standard InChI is InChI=1S/C24H28ClN5O4/c1-15-11-16(2)20(18(25)12-15)27-13-19(31)29(9-10-34-3)21-22(26)30(24(33)28-23(21)32)14-17-7-5-4-6-8-17/h4-8,11-12,27H,9-10,13-14,26H2,1-3H3,(H,28,32,33). The van der Waals surface area contributed by atoms with Crippen LogP contribution in [-0.4, -0.2) is 42.3 Å². The van der Waals surface area contributed by atoms with Crippen molar-refractivity contribution in [2.24, 2.45) is 0 Å². The van der Waals surface area contributed by atoms with E-state index in [0.717, 1.165) is 16.7 Å². The SMILES string of the molecule is COCCN(C(=O)CNc1c(C)cc(C)cc1Cl)c1c(N)n(Cc2ccccc2)c(=O)[nH]c1=O. The van der Waals surface area contributed by atoms with Gasteiger partial charge in [0.2, 0.25) is 5.91 Å². The fourth-order valence-corrected chi connectivity index (χ4v) is 4.09. The monoisotopic (exact) mass is 485 g/mol. The zero-order chi connectivity index (χ0) is 24.8. The van der Waals surface area contributed by atoms with Gasteiger partial charge in [0.15, 0.2) is 5.69 Å². The number of aromatic nitrogens is 2. The van der Waals surface area contributed by atoms with Gasteiger partial charge in [-0.25, -0.2) is 4.79 Å². The van der Waals surface area contributed by atoms with E-state index in [4.69, 9.17) is 22.1 Å². The summed E-state index contributed by atoms with van der Waals surface area (Å²) in [6.07, 6.45) is 0. The molecule has 0 aliphatic rings. The van der Waals surface area contributed by atoms with E-state index in [1.165, 1.54) is 16.6 Å². The van der Waals surface area contributed by atoms with Gasteiger partial charge >= 0.3 is 5.69 Å². The number of aryl methyl sites for hydroxylation is 2. The second kappa shape index (κ2) is 11.0. The van der Waals surface area contributed by atoms with E-state index in [9.17, 15) is 14.4 Å². The fraction of sp³-hybridized carbons (Fsp3) is 0.292. The highest BCUT2D eigenvalue weighted by molar-refractivity contribution is 6.33. The third-order valence-electron chi connectivity index (χ3n) is 5.34. The molecular weight excluding hydrogens is 458 g/mol. The normalized spacial score (nSPS) is 10.8. The van der Waals surface area contributed by atoms with Crippen molar-refractivity contribution in [1.29, 1.82) is 0 Å². The summed E-state index contributed by atoms with van der Waals surface area (Å²) in [4.78, 5) is 42.0. The van der Waals surface area contributed by atoms with E-state index in [1.807, 2.05) is 50.2 Å². The molecule has 1 aromatic heterocycles. The Morgan fingerprint density at radius 2 is 1.91 bits per heavy atom. The summed E-state index contributed by atoms with van der Waals surface area (Å²) in [5.74, 6) is -0.540. The van der Waals surface area contributed by atoms with E-state index in [1.54, 1.807) is 6.07 Å². The van der Waals surface area contributed by atoms with Gasteiger partial charge in [0.25, 0.3) is 5.56 Å². The topological polar surface area (TPSA) is 122 Å². The molecule has 9 nitrogen and oxygen atoms in total. The Morgan fingerprint density at radius 3 is 2.56 bits per heavy atom. The van der Waals surface area contributed by atoms with Gasteiger partial charge in [-0.2, -0.15) is 0 Å². The molecule has 0 aliphatic heterocycles. The number of hydrogen-bond acceptors (Lipinski definition) is 6. The molecular formula is C24H28ClN5O4. The molecule has 0 bridgehead atoms. The molecule has 0 fully saturated rings. The molecule has 0 saturated heterocycles. The number of ether oxygens (including phenoxy) is 1. The lowest BCUT2D eigenvalue weighted by Crippen LogP contribution is -2.44. The van der Waals surface area contributed by atoms with E-state index in [-0.39, 0.29) is 37.7 Å². The van der Waals surface area contributed by atoms with E-state index < -0.39 is 17.2 Å². The third-order valence-corrected chi connectivity index (χ3v) is 5.63. The predicted molar refractivity (Wildman–Crippen MR) is 135 cm³/mol. The molecule has 0 unspecified atom stereocenters.